The van der Waals surface area contributed by atoms with E-state index in [4.69, 9.17) is 11.6 Å². The van der Waals surface area contributed by atoms with Gasteiger partial charge in [-0.25, -0.2) is 4.98 Å². The van der Waals surface area contributed by atoms with Crippen LogP contribution >= 0.6 is 11.6 Å². The van der Waals surface area contributed by atoms with Gasteiger partial charge in [0.15, 0.2) is 0 Å². The lowest BCUT2D eigenvalue weighted by atomic mass is 9.95. The predicted molar refractivity (Wildman–Crippen MR) is 71.2 cm³/mol. The fourth-order valence-electron chi connectivity index (χ4n) is 1.94. The Morgan fingerprint density at radius 2 is 2.11 bits per heavy atom. The monoisotopic (exact) mass is 279 g/mol. The second kappa shape index (κ2) is 5.84. The van der Waals surface area contributed by atoms with Gasteiger partial charge >= 0.3 is 5.97 Å². The maximum absolute atomic E-state index is 11.4. The van der Waals surface area contributed by atoms with E-state index in [2.05, 4.69) is 10.1 Å². The van der Waals surface area contributed by atoms with Gasteiger partial charge in [-0.3, -0.25) is 9.48 Å². The summed E-state index contributed by atoms with van der Waals surface area (Å²) in [5.74, 6) is -0.857. The number of aromatic nitrogens is 3. The molecule has 1 atom stereocenters. The molecule has 1 N–H and O–H groups in total. The molecule has 0 saturated heterocycles. The molecule has 0 fully saturated rings. The lowest BCUT2D eigenvalue weighted by Crippen LogP contribution is -2.17. The first kappa shape index (κ1) is 13.5. The molecule has 0 spiro atoms. The van der Waals surface area contributed by atoms with E-state index in [0.29, 0.717) is 29.4 Å². The second-order valence-corrected chi connectivity index (χ2v) is 4.57. The Morgan fingerprint density at radius 1 is 1.42 bits per heavy atom. The van der Waals surface area contributed by atoms with E-state index < -0.39 is 11.9 Å². The Hall–Kier alpha value is -1.88. The van der Waals surface area contributed by atoms with Gasteiger partial charge in [0.05, 0.1) is 5.92 Å². The summed E-state index contributed by atoms with van der Waals surface area (Å²) >= 11 is 5.81. The largest absolute Gasteiger partial charge is 0.481 e. The van der Waals surface area contributed by atoms with Crippen LogP contribution in [0.15, 0.2) is 30.6 Å². The van der Waals surface area contributed by atoms with E-state index in [1.54, 1.807) is 28.9 Å². The number of aryl methyl sites for hydroxylation is 1. The summed E-state index contributed by atoms with van der Waals surface area (Å²) in [5, 5.41) is 14.0. The first-order valence-corrected chi connectivity index (χ1v) is 6.34. The maximum atomic E-state index is 11.4. The number of aliphatic carboxylic acids is 1. The normalized spacial score (nSPS) is 12.3. The van der Waals surface area contributed by atoms with E-state index in [-0.39, 0.29) is 0 Å². The van der Waals surface area contributed by atoms with E-state index in [0.717, 1.165) is 0 Å². The molecular formula is C13H14ClN3O2. The van der Waals surface area contributed by atoms with Crippen molar-refractivity contribution in [1.29, 1.82) is 0 Å². The number of benzene rings is 1. The lowest BCUT2D eigenvalue weighted by Gasteiger charge is -2.12. The first-order valence-electron chi connectivity index (χ1n) is 5.96. The quantitative estimate of drug-likeness (QED) is 0.912. The van der Waals surface area contributed by atoms with E-state index in [9.17, 15) is 9.90 Å². The number of rotatable bonds is 5. The molecule has 1 aromatic heterocycles. The van der Waals surface area contributed by atoms with E-state index in [1.807, 2.05) is 6.92 Å². The summed E-state index contributed by atoms with van der Waals surface area (Å²) in [5.41, 5.74) is 0.711. The smallest absolute Gasteiger partial charge is 0.311 e. The van der Waals surface area contributed by atoms with Crippen LogP contribution in [-0.2, 0) is 17.8 Å². The fourth-order valence-corrected chi connectivity index (χ4v) is 2.06. The van der Waals surface area contributed by atoms with Crippen molar-refractivity contribution in [2.75, 3.05) is 0 Å². The molecule has 0 amide bonds. The van der Waals surface area contributed by atoms with Crippen molar-refractivity contribution in [1.82, 2.24) is 14.8 Å². The Balaban J connectivity index is 2.26. The molecule has 1 unspecified atom stereocenters. The Bertz CT molecular complexity index is 566. The summed E-state index contributed by atoms with van der Waals surface area (Å²) in [6, 6.07) is 6.84. The third kappa shape index (κ3) is 3.12. The molecule has 2 rings (SSSR count). The van der Waals surface area contributed by atoms with Crippen molar-refractivity contribution < 1.29 is 9.90 Å². The highest BCUT2D eigenvalue weighted by atomic mass is 35.5. The molecule has 1 aromatic carbocycles. The zero-order chi connectivity index (χ0) is 13.8. The van der Waals surface area contributed by atoms with E-state index >= 15 is 0 Å². The molecule has 0 aliphatic carbocycles. The highest BCUT2D eigenvalue weighted by molar-refractivity contribution is 6.30. The molecule has 5 nitrogen and oxygen atoms in total. The van der Waals surface area contributed by atoms with Crippen LogP contribution in [0.1, 0.15) is 24.2 Å². The average Bonchev–Trinajstić information content (AvgIpc) is 2.84. The number of carboxylic acid groups (broad SMARTS) is 1. The van der Waals surface area contributed by atoms with Crippen LogP contribution in [0.2, 0.25) is 5.02 Å². The van der Waals surface area contributed by atoms with Gasteiger partial charge in [-0.15, -0.1) is 0 Å². The molecule has 6 heteroatoms. The third-order valence-electron chi connectivity index (χ3n) is 2.95. The van der Waals surface area contributed by atoms with Crippen molar-refractivity contribution in [2.45, 2.75) is 25.8 Å². The molecule has 0 saturated carbocycles. The summed E-state index contributed by atoms with van der Waals surface area (Å²) < 4.78 is 1.70. The zero-order valence-corrected chi connectivity index (χ0v) is 11.2. The summed E-state index contributed by atoms with van der Waals surface area (Å²) in [6.45, 7) is 2.61. The topological polar surface area (TPSA) is 68.0 Å². The summed E-state index contributed by atoms with van der Waals surface area (Å²) in [6.07, 6.45) is 1.75. The Kier molecular flexibility index (Phi) is 4.16. The van der Waals surface area contributed by atoms with Crippen LogP contribution in [0.3, 0.4) is 0 Å². The number of carboxylic acids is 1. The molecule has 19 heavy (non-hydrogen) atoms. The lowest BCUT2D eigenvalue weighted by molar-refractivity contribution is -0.138. The van der Waals surface area contributed by atoms with Crippen LogP contribution in [0.4, 0.5) is 0 Å². The van der Waals surface area contributed by atoms with Crippen molar-refractivity contribution in [3.8, 4) is 0 Å². The van der Waals surface area contributed by atoms with Crippen LogP contribution < -0.4 is 0 Å². The molecule has 0 radical (unpaired) electrons. The number of nitrogens with zero attached hydrogens (tertiary/aromatic N) is 3. The van der Waals surface area contributed by atoms with Crippen molar-refractivity contribution in [3.05, 3.63) is 47.0 Å². The number of carbonyl (C=O) groups is 1. The summed E-state index contributed by atoms with van der Waals surface area (Å²) in [7, 11) is 0. The van der Waals surface area contributed by atoms with Gasteiger partial charge in [0.1, 0.15) is 12.2 Å². The summed E-state index contributed by atoms with van der Waals surface area (Å²) in [4.78, 5) is 15.5. The maximum Gasteiger partial charge on any atom is 0.311 e. The van der Waals surface area contributed by atoms with Crippen LogP contribution in [-0.4, -0.2) is 25.8 Å². The van der Waals surface area contributed by atoms with Gasteiger partial charge in [0.2, 0.25) is 0 Å². The molecule has 0 aliphatic heterocycles. The van der Waals surface area contributed by atoms with Gasteiger partial charge in [-0.1, -0.05) is 23.7 Å². The second-order valence-electron chi connectivity index (χ2n) is 4.14. The first-order chi connectivity index (χ1) is 9.11. The molecule has 2 aromatic rings. The number of hydrogen-bond acceptors (Lipinski definition) is 3. The van der Waals surface area contributed by atoms with Crippen molar-refractivity contribution >= 4 is 17.6 Å². The average molecular weight is 280 g/mol. The third-order valence-corrected chi connectivity index (χ3v) is 3.20. The highest BCUT2D eigenvalue weighted by Crippen LogP contribution is 2.22. The van der Waals surface area contributed by atoms with Crippen LogP contribution in [0.25, 0.3) is 0 Å². The van der Waals surface area contributed by atoms with Gasteiger partial charge in [0.25, 0.3) is 0 Å². The Labute approximate surface area is 115 Å². The van der Waals surface area contributed by atoms with Gasteiger partial charge in [-0.2, -0.15) is 5.10 Å². The Morgan fingerprint density at radius 3 is 2.68 bits per heavy atom. The fraction of sp³-hybridized carbons (Fsp3) is 0.308. The minimum Gasteiger partial charge on any atom is -0.481 e. The molecule has 0 bridgehead atoms. The number of halogens is 1. The minimum atomic E-state index is -0.882. The standard InChI is InChI=1S/C13H14ClN3O2/c1-2-17-12(15-8-16-17)7-11(13(18)19)9-3-5-10(14)6-4-9/h3-6,8,11H,2,7H2,1H3,(H,18,19). The highest BCUT2D eigenvalue weighted by Gasteiger charge is 2.22. The van der Waals surface area contributed by atoms with Crippen LogP contribution in [0.5, 0.6) is 0 Å². The van der Waals surface area contributed by atoms with Crippen LogP contribution in [0, 0.1) is 0 Å². The SMILES string of the molecule is CCn1ncnc1CC(C(=O)O)c1ccc(Cl)cc1. The van der Waals surface area contributed by atoms with Gasteiger partial charge in [-0.05, 0) is 24.6 Å². The predicted octanol–water partition coefficient (Wildman–Crippen LogP) is 2.36. The number of hydrogen-bond donors (Lipinski definition) is 1. The molecule has 100 valence electrons. The van der Waals surface area contributed by atoms with Crippen molar-refractivity contribution in [3.63, 3.8) is 0 Å². The molecular weight excluding hydrogens is 266 g/mol. The van der Waals surface area contributed by atoms with E-state index in [1.165, 1.54) is 6.33 Å². The molecule has 0 aliphatic rings. The molecule has 1 heterocycles. The minimum absolute atomic E-state index is 0.310. The zero-order valence-electron chi connectivity index (χ0n) is 10.5. The van der Waals surface area contributed by atoms with Gasteiger partial charge in [0, 0.05) is 18.0 Å². The van der Waals surface area contributed by atoms with Gasteiger partial charge < -0.3 is 5.11 Å². The van der Waals surface area contributed by atoms with Crippen molar-refractivity contribution in [2.24, 2.45) is 0 Å².